The number of methoxy groups -OCH3 is 5. The van der Waals surface area contributed by atoms with Crippen molar-refractivity contribution in [3.05, 3.63) is 41.5 Å². The van der Waals surface area contributed by atoms with E-state index in [0.717, 1.165) is 5.56 Å². The number of ether oxygens (including phenoxy) is 7. The summed E-state index contributed by atoms with van der Waals surface area (Å²) in [5, 5.41) is 0. The number of hydrogen-bond acceptors (Lipinski definition) is 9. The maximum atomic E-state index is 12.2. The Morgan fingerprint density at radius 2 is 1.27 bits per heavy atom. The summed E-state index contributed by atoms with van der Waals surface area (Å²) < 4.78 is 36.9. The van der Waals surface area contributed by atoms with Gasteiger partial charge in [0.1, 0.15) is 0 Å². The third-order valence-corrected chi connectivity index (χ3v) is 4.50. The quantitative estimate of drug-likeness (QED) is 0.284. The standard InChI is InChI=1S/C24H28O9/c1-15(25)33-24-20(29-4)11-16(12-21(24)30-5)7-8-22(26)32-10-9-17-13-18(27-2)23(31-6)19(14-17)28-3/h7-8,11-14H,9-10H2,1-6H3/b8-7+. The summed E-state index contributed by atoms with van der Waals surface area (Å²) in [6.07, 6.45) is 3.29. The van der Waals surface area contributed by atoms with Gasteiger partial charge < -0.3 is 33.2 Å². The Morgan fingerprint density at radius 3 is 1.73 bits per heavy atom. The zero-order valence-corrected chi connectivity index (χ0v) is 19.6. The average molecular weight is 460 g/mol. The summed E-state index contributed by atoms with van der Waals surface area (Å²) in [7, 11) is 7.48. The van der Waals surface area contributed by atoms with Crippen LogP contribution in [0.5, 0.6) is 34.5 Å². The number of esters is 2. The number of carbonyl (C=O) groups is 2. The molecular weight excluding hydrogens is 432 g/mol. The topological polar surface area (TPSA) is 98.8 Å². The average Bonchev–Trinajstić information content (AvgIpc) is 2.81. The highest BCUT2D eigenvalue weighted by Gasteiger charge is 2.16. The summed E-state index contributed by atoms with van der Waals surface area (Å²) in [6.45, 7) is 1.43. The van der Waals surface area contributed by atoms with Crippen molar-refractivity contribution in [2.75, 3.05) is 42.2 Å². The van der Waals surface area contributed by atoms with Gasteiger partial charge in [-0.2, -0.15) is 0 Å². The van der Waals surface area contributed by atoms with Crippen LogP contribution in [0.2, 0.25) is 0 Å². The molecule has 0 aliphatic rings. The lowest BCUT2D eigenvalue weighted by atomic mass is 10.1. The van der Waals surface area contributed by atoms with Crippen molar-refractivity contribution < 1.29 is 42.7 Å². The second-order valence-corrected chi connectivity index (χ2v) is 6.63. The fraction of sp³-hybridized carbons (Fsp3) is 0.333. The van der Waals surface area contributed by atoms with Crippen LogP contribution in [0.25, 0.3) is 6.08 Å². The van der Waals surface area contributed by atoms with E-state index in [1.165, 1.54) is 48.5 Å². The molecule has 9 heteroatoms. The van der Waals surface area contributed by atoms with Crippen LogP contribution in [-0.2, 0) is 20.7 Å². The van der Waals surface area contributed by atoms with E-state index in [2.05, 4.69) is 0 Å². The predicted octanol–water partition coefficient (Wildman–Crippen LogP) is 3.45. The summed E-state index contributed by atoms with van der Waals surface area (Å²) >= 11 is 0. The number of hydrogen-bond donors (Lipinski definition) is 0. The van der Waals surface area contributed by atoms with E-state index in [1.54, 1.807) is 30.3 Å². The molecule has 0 bridgehead atoms. The summed E-state index contributed by atoms with van der Waals surface area (Å²) in [6, 6.07) is 6.82. The normalized spacial score (nSPS) is 10.5. The summed E-state index contributed by atoms with van der Waals surface area (Å²) in [4.78, 5) is 23.5. The number of rotatable bonds is 11. The van der Waals surface area contributed by atoms with Gasteiger partial charge in [0.05, 0.1) is 42.2 Å². The van der Waals surface area contributed by atoms with Crippen LogP contribution in [0.4, 0.5) is 0 Å². The molecule has 0 saturated carbocycles. The first-order chi connectivity index (χ1) is 15.9. The largest absolute Gasteiger partial charge is 0.493 e. The van der Waals surface area contributed by atoms with Crippen molar-refractivity contribution in [3.63, 3.8) is 0 Å². The Bertz CT molecular complexity index is 961. The third-order valence-electron chi connectivity index (χ3n) is 4.50. The molecule has 0 aliphatic carbocycles. The molecular formula is C24H28O9. The zero-order valence-electron chi connectivity index (χ0n) is 19.6. The van der Waals surface area contributed by atoms with Gasteiger partial charge in [-0.25, -0.2) is 4.79 Å². The van der Waals surface area contributed by atoms with Gasteiger partial charge >= 0.3 is 11.9 Å². The highest BCUT2D eigenvalue weighted by Crippen LogP contribution is 2.39. The monoisotopic (exact) mass is 460 g/mol. The fourth-order valence-corrected chi connectivity index (χ4v) is 3.00. The minimum atomic E-state index is -0.524. The molecule has 0 aliphatic heterocycles. The van der Waals surface area contributed by atoms with Crippen LogP contribution in [0.3, 0.4) is 0 Å². The van der Waals surface area contributed by atoms with E-state index in [9.17, 15) is 9.59 Å². The first-order valence-electron chi connectivity index (χ1n) is 9.94. The van der Waals surface area contributed by atoms with Crippen LogP contribution in [0, 0.1) is 0 Å². The molecule has 2 rings (SSSR count). The Morgan fingerprint density at radius 1 is 0.758 bits per heavy atom. The molecule has 2 aromatic rings. The molecule has 2 aromatic carbocycles. The molecule has 0 unspecified atom stereocenters. The van der Waals surface area contributed by atoms with E-state index in [0.29, 0.717) is 40.7 Å². The Labute approximate surface area is 192 Å². The van der Waals surface area contributed by atoms with Crippen LogP contribution in [0.15, 0.2) is 30.3 Å². The van der Waals surface area contributed by atoms with Crippen molar-refractivity contribution in [2.45, 2.75) is 13.3 Å². The molecule has 33 heavy (non-hydrogen) atoms. The Hall–Kier alpha value is -3.88. The maximum Gasteiger partial charge on any atom is 0.330 e. The van der Waals surface area contributed by atoms with Gasteiger partial charge in [0.15, 0.2) is 23.0 Å². The predicted molar refractivity (Wildman–Crippen MR) is 121 cm³/mol. The van der Waals surface area contributed by atoms with Gasteiger partial charge in [-0.15, -0.1) is 0 Å². The second kappa shape index (κ2) is 12.2. The van der Waals surface area contributed by atoms with Crippen molar-refractivity contribution in [1.82, 2.24) is 0 Å². The molecule has 0 radical (unpaired) electrons. The molecule has 0 fully saturated rings. The van der Waals surface area contributed by atoms with Crippen molar-refractivity contribution in [3.8, 4) is 34.5 Å². The smallest absolute Gasteiger partial charge is 0.330 e. The summed E-state index contributed by atoms with van der Waals surface area (Å²) in [5.41, 5.74) is 1.46. The number of carbonyl (C=O) groups excluding carboxylic acids is 2. The lowest BCUT2D eigenvalue weighted by molar-refractivity contribution is -0.137. The van der Waals surface area contributed by atoms with E-state index in [1.807, 2.05) is 0 Å². The first kappa shape index (κ1) is 25.4. The highest BCUT2D eigenvalue weighted by molar-refractivity contribution is 5.87. The van der Waals surface area contributed by atoms with Crippen LogP contribution < -0.4 is 28.4 Å². The molecule has 9 nitrogen and oxygen atoms in total. The highest BCUT2D eigenvalue weighted by atomic mass is 16.6. The van der Waals surface area contributed by atoms with Gasteiger partial charge in [-0.3, -0.25) is 4.79 Å². The molecule has 0 amide bonds. The van der Waals surface area contributed by atoms with Crippen LogP contribution in [-0.4, -0.2) is 54.1 Å². The number of benzene rings is 2. The minimum Gasteiger partial charge on any atom is -0.493 e. The van der Waals surface area contributed by atoms with E-state index < -0.39 is 11.9 Å². The molecule has 0 spiro atoms. The van der Waals surface area contributed by atoms with Crippen molar-refractivity contribution >= 4 is 18.0 Å². The molecule has 0 N–H and O–H groups in total. The molecule has 0 heterocycles. The molecule has 0 saturated heterocycles. The molecule has 178 valence electrons. The SMILES string of the molecule is COc1cc(CCOC(=O)/C=C/c2cc(OC)c(OC(C)=O)c(OC)c2)cc(OC)c1OC. The van der Waals surface area contributed by atoms with Gasteiger partial charge in [0.2, 0.25) is 11.5 Å². The zero-order chi connectivity index (χ0) is 24.4. The van der Waals surface area contributed by atoms with Gasteiger partial charge in [-0.1, -0.05) is 0 Å². The molecule has 0 aromatic heterocycles. The van der Waals surface area contributed by atoms with Gasteiger partial charge in [0.25, 0.3) is 0 Å². The van der Waals surface area contributed by atoms with Gasteiger partial charge in [-0.05, 0) is 41.5 Å². The minimum absolute atomic E-state index is 0.153. The van der Waals surface area contributed by atoms with Crippen molar-refractivity contribution in [1.29, 1.82) is 0 Å². The van der Waals surface area contributed by atoms with Gasteiger partial charge in [0, 0.05) is 19.4 Å². The summed E-state index contributed by atoms with van der Waals surface area (Å²) in [5.74, 6) is 1.26. The lowest BCUT2D eigenvalue weighted by Gasteiger charge is -2.14. The third kappa shape index (κ3) is 6.80. The Balaban J connectivity index is 2.05. The van der Waals surface area contributed by atoms with Crippen LogP contribution >= 0.6 is 0 Å². The van der Waals surface area contributed by atoms with E-state index in [4.69, 9.17) is 33.2 Å². The van der Waals surface area contributed by atoms with Crippen molar-refractivity contribution in [2.24, 2.45) is 0 Å². The van der Waals surface area contributed by atoms with Crippen LogP contribution in [0.1, 0.15) is 18.1 Å². The van der Waals surface area contributed by atoms with E-state index >= 15 is 0 Å². The molecule has 0 atom stereocenters. The Kier molecular flexibility index (Phi) is 9.41. The lowest BCUT2D eigenvalue weighted by Crippen LogP contribution is -2.06. The maximum absolute atomic E-state index is 12.2. The fourth-order valence-electron chi connectivity index (χ4n) is 3.00. The first-order valence-corrected chi connectivity index (χ1v) is 9.94. The second-order valence-electron chi connectivity index (χ2n) is 6.63. The van der Waals surface area contributed by atoms with E-state index in [-0.39, 0.29) is 12.4 Å².